The van der Waals surface area contributed by atoms with E-state index in [2.05, 4.69) is 74.4 Å². The molecule has 0 spiro atoms. The molecule has 268 valence electrons. The van der Waals surface area contributed by atoms with Gasteiger partial charge in [0.2, 0.25) is 0 Å². The van der Waals surface area contributed by atoms with Crippen LogP contribution >= 0.6 is 0 Å². The van der Waals surface area contributed by atoms with Crippen LogP contribution in [0, 0.1) is 6.92 Å². The van der Waals surface area contributed by atoms with Gasteiger partial charge >= 0.3 is 18.0 Å². The highest BCUT2D eigenvalue weighted by molar-refractivity contribution is 5.73. The van der Waals surface area contributed by atoms with Crippen LogP contribution < -0.4 is 10.6 Å². The Hall–Kier alpha value is -2.69. The predicted octanol–water partition coefficient (Wildman–Crippen LogP) is 5.98. The lowest BCUT2D eigenvalue weighted by Crippen LogP contribution is -2.55. The van der Waals surface area contributed by atoms with E-state index < -0.39 is 5.60 Å². The monoisotopic (exact) mass is 660 g/mol. The molecule has 2 fully saturated rings. The first kappa shape index (κ1) is 40.5. The molecule has 1 amide bonds. The maximum atomic E-state index is 12.5. The van der Waals surface area contributed by atoms with Gasteiger partial charge in [0.1, 0.15) is 5.60 Å². The van der Waals surface area contributed by atoms with Crippen molar-refractivity contribution in [2.45, 2.75) is 156 Å². The normalized spacial score (nSPS) is 22.0. The van der Waals surface area contributed by atoms with E-state index in [1.165, 1.54) is 11.1 Å². The number of nitrogens with zero attached hydrogens (tertiary/aromatic N) is 2. The van der Waals surface area contributed by atoms with Crippen molar-refractivity contribution in [3.8, 4) is 0 Å². The zero-order chi connectivity index (χ0) is 35.1. The Balaban J connectivity index is 0.000000327. The van der Waals surface area contributed by atoms with Gasteiger partial charge in [-0.3, -0.25) is 14.5 Å². The van der Waals surface area contributed by atoms with Crippen LogP contribution in [0.15, 0.2) is 24.3 Å². The molecule has 0 unspecified atom stereocenters. The molecule has 4 atom stereocenters. The molecule has 0 saturated carbocycles. The van der Waals surface area contributed by atoms with Crippen LogP contribution in [0.2, 0.25) is 0 Å². The number of hydrogen-bond acceptors (Lipinski definition) is 9. The van der Waals surface area contributed by atoms with Crippen LogP contribution in [-0.2, 0) is 30.3 Å². The minimum absolute atomic E-state index is 0.0772. The number of aryl methyl sites for hydroxylation is 1. The highest BCUT2D eigenvalue weighted by Crippen LogP contribution is 2.25. The van der Waals surface area contributed by atoms with Gasteiger partial charge in [-0.25, -0.2) is 4.79 Å². The molecule has 10 heteroatoms. The van der Waals surface area contributed by atoms with Crippen LogP contribution in [0.25, 0.3) is 0 Å². The Bertz CT molecular complexity index is 1090. The molecule has 2 aliphatic heterocycles. The summed E-state index contributed by atoms with van der Waals surface area (Å²) in [6.45, 7) is 23.1. The molecule has 2 aliphatic rings. The number of rotatable bonds is 12. The lowest BCUT2D eigenvalue weighted by molar-refractivity contribution is -0.146. The highest BCUT2D eigenvalue weighted by atomic mass is 16.6. The molecule has 2 N–H and O–H groups in total. The molecule has 0 aliphatic carbocycles. The van der Waals surface area contributed by atoms with Crippen LogP contribution in [0.3, 0.4) is 0 Å². The number of esters is 2. The summed E-state index contributed by atoms with van der Waals surface area (Å²) in [5.74, 6) is -0.340. The van der Waals surface area contributed by atoms with Crippen molar-refractivity contribution in [2.24, 2.45) is 0 Å². The molecule has 47 heavy (non-hydrogen) atoms. The third kappa shape index (κ3) is 15.8. The van der Waals surface area contributed by atoms with Crippen LogP contribution in [0.5, 0.6) is 0 Å². The third-order valence-electron chi connectivity index (χ3n) is 8.21. The molecular weight excluding hydrogens is 596 g/mol. The summed E-state index contributed by atoms with van der Waals surface area (Å²) in [5, 5.41) is 7.11. The number of hydrogen-bond donors (Lipinski definition) is 2. The van der Waals surface area contributed by atoms with Gasteiger partial charge < -0.3 is 29.7 Å². The number of likely N-dealkylation sites (tertiary alicyclic amines) is 2. The Kier molecular flexibility index (Phi) is 17.2. The maximum Gasteiger partial charge on any atom is 0.410 e. The van der Waals surface area contributed by atoms with E-state index in [9.17, 15) is 14.4 Å². The molecule has 2 saturated heterocycles. The minimum Gasteiger partial charge on any atom is -0.466 e. The SMILES string of the molecule is CCOC(=O)C[C@H]1CC[C@@H](NC(C)C)CN1C(=O)OC(C)(C)C.CCOC(=O)C[C@H]1CC[C@@H](NC(C)C)CN1Cc1ccc(C)cc1. The van der Waals surface area contributed by atoms with Crippen LogP contribution in [-0.4, -0.2) is 96.0 Å². The average Bonchev–Trinajstić information content (AvgIpc) is 2.95. The summed E-state index contributed by atoms with van der Waals surface area (Å²) < 4.78 is 15.7. The smallest absolute Gasteiger partial charge is 0.410 e. The van der Waals surface area contributed by atoms with E-state index in [0.29, 0.717) is 44.3 Å². The second kappa shape index (κ2) is 20.0. The average molecular weight is 661 g/mol. The molecule has 0 aromatic heterocycles. The fourth-order valence-corrected chi connectivity index (χ4v) is 6.28. The van der Waals surface area contributed by atoms with E-state index in [4.69, 9.17) is 14.2 Å². The first-order valence-corrected chi connectivity index (χ1v) is 17.7. The Morgan fingerprint density at radius 2 is 1.28 bits per heavy atom. The Labute approximate surface area is 284 Å². The van der Waals surface area contributed by atoms with Crippen molar-refractivity contribution in [3.63, 3.8) is 0 Å². The summed E-state index contributed by atoms with van der Waals surface area (Å²) in [7, 11) is 0. The lowest BCUT2D eigenvalue weighted by atomic mass is 9.94. The van der Waals surface area contributed by atoms with E-state index >= 15 is 0 Å². The summed E-state index contributed by atoms with van der Waals surface area (Å²) in [5.41, 5.74) is 2.03. The fraction of sp³-hybridized carbons (Fsp3) is 0.757. The largest absolute Gasteiger partial charge is 0.466 e. The molecule has 10 nitrogen and oxygen atoms in total. The summed E-state index contributed by atoms with van der Waals surface area (Å²) in [6.07, 6.45) is 4.21. The Morgan fingerprint density at radius 1 is 0.787 bits per heavy atom. The van der Waals surface area contributed by atoms with E-state index in [1.807, 2.05) is 27.7 Å². The number of ether oxygens (including phenoxy) is 3. The van der Waals surface area contributed by atoms with Crippen LogP contribution in [0.4, 0.5) is 4.79 Å². The molecule has 0 radical (unpaired) electrons. The molecule has 2 heterocycles. The third-order valence-corrected chi connectivity index (χ3v) is 8.21. The van der Waals surface area contributed by atoms with Crippen molar-refractivity contribution >= 4 is 18.0 Å². The molecular formula is C37H64N4O6. The summed E-state index contributed by atoms with van der Waals surface area (Å²) in [6, 6.07) is 10.4. The zero-order valence-electron chi connectivity index (χ0n) is 30.9. The molecule has 1 aromatic rings. The molecule has 3 rings (SSSR count). The second-order valence-electron chi connectivity index (χ2n) is 14.6. The number of carbonyl (C=O) groups excluding carboxylic acids is 3. The lowest BCUT2D eigenvalue weighted by Gasteiger charge is -2.40. The topological polar surface area (TPSA) is 109 Å². The number of benzene rings is 1. The Morgan fingerprint density at radius 3 is 1.77 bits per heavy atom. The van der Waals surface area contributed by atoms with Gasteiger partial charge in [-0.2, -0.15) is 0 Å². The first-order valence-electron chi connectivity index (χ1n) is 17.7. The van der Waals surface area contributed by atoms with Gasteiger partial charge in [-0.15, -0.1) is 0 Å². The number of piperidine rings is 2. The fourth-order valence-electron chi connectivity index (χ4n) is 6.28. The van der Waals surface area contributed by atoms with Crippen LogP contribution in [0.1, 0.15) is 112 Å². The van der Waals surface area contributed by atoms with Crippen molar-refractivity contribution in [3.05, 3.63) is 35.4 Å². The number of carbonyl (C=O) groups is 3. The first-order chi connectivity index (χ1) is 22.1. The van der Waals surface area contributed by atoms with E-state index in [1.54, 1.807) is 11.8 Å². The molecule has 1 aromatic carbocycles. The number of nitrogens with one attached hydrogen (secondary N) is 2. The predicted molar refractivity (Wildman–Crippen MR) is 187 cm³/mol. The molecule has 0 bridgehead atoms. The number of amides is 1. The standard InChI is InChI=1S/C20H32N2O2.C17H32N2O4/c1-5-24-20(23)12-19-11-10-18(21-15(2)3)14-22(19)13-17-8-6-16(4)7-9-17;1-7-22-15(20)10-14-9-8-13(18-12(2)3)11-19(14)16(21)23-17(4,5)6/h6-9,15,18-19,21H,5,10-14H2,1-4H3;12-14,18H,7-11H2,1-6H3/t18-,19-;13-,14-/m11/s1. The van der Waals surface area contributed by atoms with Gasteiger partial charge in [0.05, 0.1) is 26.1 Å². The van der Waals surface area contributed by atoms with Crippen molar-refractivity contribution < 1.29 is 28.6 Å². The van der Waals surface area contributed by atoms with Gasteiger partial charge in [0, 0.05) is 55.9 Å². The maximum absolute atomic E-state index is 12.5. The summed E-state index contributed by atoms with van der Waals surface area (Å²) >= 11 is 0. The zero-order valence-corrected chi connectivity index (χ0v) is 30.9. The second-order valence-corrected chi connectivity index (χ2v) is 14.6. The van der Waals surface area contributed by atoms with Gasteiger partial charge in [0.25, 0.3) is 0 Å². The van der Waals surface area contributed by atoms with Gasteiger partial charge in [0.15, 0.2) is 0 Å². The van der Waals surface area contributed by atoms with Crippen molar-refractivity contribution in [2.75, 3.05) is 26.3 Å². The van der Waals surface area contributed by atoms with Crippen molar-refractivity contribution in [1.82, 2.24) is 20.4 Å². The van der Waals surface area contributed by atoms with E-state index in [0.717, 1.165) is 38.8 Å². The summed E-state index contributed by atoms with van der Waals surface area (Å²) in [4.78, 5) is 40.4. The van der Waals surface area contributed by atoms with Gasteiger partial charge in [-0.05, 0) is 72.8 Å². The van der Waals surface area contributed by atoms with Gasteiger partial charge in [-0.1, -0.05) is 57.5 Å². The highest BCUT2D eigenvalue weighted by Gasteiger charge is 2.36. The van der Waals surface area contributed by atoms with Crippen molar-refractivity contribution in [1.29, 1.82) is 0 Å². The van der Waals surface area contributed by atoms with E-state index in [-0.39, 0.29) is 42.6 Å². The minimum atomic E-state index is -0.552. The quantitative estimate of drug-likeness (QED) is 0.207.